The van der Waals surface area contributed by atoms with E-state index >= 15 is 0 Å². The van der Waals surface area contributed by atoms with Crippen LogP contribution in [0.4, 0.5) is 4.79 Å². The Kier molecular flexibility index (Phi) is 3.15. The smallest absolute Gasteiger partial charge is 0.410 e. The average Bonchev–Trinajstić information content (AvgIpc) is 2.47. The molecule has 2 unspecified atom stereocenters. The summed E-state index contributed by atoms with van der Waals surface area (Å²) in [5, 5.41) is 0. The highest BCUT2D eigenvalue weighted by Crippen LogP contribution is 2.38. The molecular weight excluding hydrogens is 218 g/mol. The Hall–Kier alpha value is -1.06. The second-order valence-electron chi connectivity index (χ2n) is 6.14. The summed E-state index contributed by atoms with van der Waals surface area (Å²) in [4.78, 5) is 24.8. The Morgan fingerprint density at radius 2 is 1.76 bits per heavy atom. The van der Waals surface area contributed by atoms with Gasteiger partial charge in [0.05, 0.1) is 0 Å². The van der Waals surface area contributed by atoms with E-state index in [0.717, 1.165) is 32.0 Å². The van der Waals surface area contributed by atoms with Gasteiger partial charge in [0.1, 0.15) is 11.9 Å². The van der Waals surface area contributed by atoms with Crippen molar-refractivity contribution in [1.29, 1.82) is 0 Å². The lowest BCUT2D eigenvalue weighted by molar-refractivity contribution is -0.113. The summed E-state index contributed by atoms with van der Waals surface area (Å²) in [6.07, 6.45) is 4.45. The Labute approximate surface area is 102 Å². The molecule has 2 fully saturated rings. The van der Waals surface area contributed by atoms with Crippen molar-refractivity contribution in [2.24, 2.45) is 5.92 Å². The van der Waals surface area contributed by atoms with Gasteiger partial charge < -0.3 is 14.4 Å². The molecule has 96 valence electrons. The molecule has 2 heterocycles. The van der Waals surface area contributed by atoms with Gasteiger partial charge in [0.15, 0.2) is 0 Å². The number of aldehydes is 1. The van der Waals surface area contributed by atoms with E-state index in [-0.39, 0.29) is 24.1 Å². The molecule has 17 heavy (non-hydrogen) atoms. The zero-order valence-electron chi connectivity index (χ0n) is 10.8. The topological polar surface area (TPSA) is 46.6 Å². The Morgan fingerprint density at radius 1 is 1.24 bits per heavy atom. The predicted octanol–water partition coefficient (Wildman–Crippen LogP) is 2.36. The number of piperidine rings is 1. The molecule has 0 aromatic heterocycles. The largest absolute Gasteiger partial charge is 0.444 e. The minimum Gasteiger partial charge on any atom is -0.444 e. The van der Waals surface area contributed by atoms with E-state index < -0.39 is 5.60 Å². The van der Waals surface area contributed by atoms with Crippen LogP contribution in [0.3, 0.4) is 0 Å². The molecule has 0 N–H and O–H groups in total. The number of amides is 1. The maximum absolute atomic E-state index is 12.1. The van der Waals surface area contributed by atoms with Crippen molar-refractivity contribution >= 4 is 12.4 Å². The van der Waals surface area contributed by atoms with Crippen LogP contribution in [0.2, 0.25) is 0 Å². The first kappa shape index (κ1) is 12.4. The molecule has 2 aliphatic heterocycles. The van der Waals surface area contributed by atoms with Gasteiger partial charge in [-0.3, -0.25) is 0 Å². The highest BCUT2D eigenvalue weighted by molar-refractivity contribution is 5.70. The maximum atomic E-state index is 12.1. The zero-order chi connectivity index (χ0) is 12.6. The van der Waals surface area contributed by atoms with Gasteiger partial charge in [-0.2, -0.15) is 0 Å². The standard InChI is InChI=1S/C13H21NO3/c1-13(2,3)17-12(16)14-10-4-5-11(14)7-9(6-10)8-15/h8-11H,4-7H2,1-3H3/t9?,10-,11?/m1/s1. The minimum atomic E-state index is -0.446. The van der Waals surface area contributed by atoms with Crippen LogP contribution in [0.15, 0.2) is 0 Å². The Bertz CT molecular complexity index is 307. The lowest BCUT2D eigenvalue weighted by Crippen LogP contribution is -2.48. The molecule has 1 amide bonds. The molecular formula is C13H21NO3. The highest BCUT2D eigenvalue weighted by Gasteiger charge is 2.44. The van der Waals surface area contributed by atoms with E-state index in [4.69, 9.17) is 4.74 Å². The lowest BCUT2D eigenvalue weighted by Gasteiger charge is -2.38. The third-order valence-corrected chi connectivity index (χ3v) is 3.57. The molecule has 0 spiro atoms. The Morgan fingerprint density at radius 3 is 2.18 bits per heavy atom. The monoisotopic (exact) mass is 239 g/mol. The SMILES string of the molecule is CC(C)(C)OC(=O)N1C2CC[C@@H]1CC(C=O)C2. The lowest BCUT2D eigenvalue weighted by atomic mass is 9.92. The minimum absolute atomic E-state index is 0.131. The van der Waals surface area contributed by atoms with Crippen molar-refractivity contribution in [3.8, 4) is 0 Å². The molecule has 0 aliphatic carbocycles. The number of fused-ring (bicyclic) bond motifs is 2. The molecule has 3 atom stereocenters. The fourth-order valence-corrected chi connectivity index (χ4v) is 2.94. The van der Waals surface area contributed by atoms with E-state index in [2.05, 4.69) is 0 Å². The van der Waals surface area contributed by atoms with E-state index in [1.165, 1.54) is 0 Å². The summed E-state index contributed by atoms with van der Waals surface area (Å²) >= 11 is 0. The van der Waals surface area contributed by atoms with Crippen molar-refractivity contribution < 1.29 is 14.3 Å². The molecule has 2 bridgehead atoms. The molecule has 0 aromatic carbocycles. The van der Waals surface area contributed by atoms with Crippen LogP contribution < -0.4 is 0 Å². The summed E-state index contributed by atoms with van der Waals surface area (Å²) in [6, 6.07) is 0.414. The quantitative estimate of drug-likeness (QED) is 0.660. The molecule has 0 aromatic rings. The molecule has 0 saturated carbocycles. The van der Waals surface area contributed by atoms with Gasteiger partial charge in [-0.25, -0.2) is 4.79 Å². The normalized spacial score (nSPS) is 32.4. The number of hydrogen-bond acceptors (Lipinski definition) is 3. The van der Waals surface area contributed by atoms with E-state index in [1.54, 1.807) is 0 Å². The van der Waals surface area contributed by atoms with Crippen LogP contribution in [0, 0.1) is 5.92 Å². The van der Waals surface area contributed by atoms with Crippen molar-refractivity contribution in [3.05, 3.63) is 0 Å². The van der Waals surface area contributed by atoms with Crippen molar-refractivity contribution in [2.75, 3.05) is 0 Å². The first-order valence-corrected chi connectivity index (χ1v) is 6.37. The number of rotatable bonds is 1. The fraction of sp³-hybridized carbons (Fsp3) is 0.846. The summed E-state index contributed by atoms with van der Waals surface area (Å²) in [5.41, 5.74) is -0.446. The first-order chi connectivity index (χ1) is 7.90. The van der Waals surface area contributed by atoms with Crippen LogP contribution in [0.25, 0.3) is 0 Å². The van der Waals surface area contributed by atoms with E-state index in [1.807, 2.05) is 25.7 Å². The number of carbonyl (C=O) groups excluding carboxylic acids is 2. The number of ether oxygens (including phenoxy) is 1. The van der Waals surface area contributed by atoms with Crippen molar-refractivity contribution in [2.45, 2.75) is 64.1 Å². The van der Waals surface area contributed by atoms with Gasteiger partial charge in [-0.05, 0) is 46.5 Å². The number of nitrogens with zero attached hydrogens (tertiary/aromatic N) is 1. The second-order valence-corrected chi connectivity index (χ2v) is 6.14. The van der Waals surface area contributed by atoms with Crippen LogP contribution in [0.1, 0.15) is 46.5 Å². The van der Waals surface area contributed by atoms with Gasteiger partial charge >= 0.3 is 6.09 Å². The van der Waals surface area contributed by atoms with Gasteiger partial charge in [0.25, 0.3) is 0 Å². The average molecular weight is 239 g/mol. The molecule has 2 rings (SSSR count). The summed E-state index contributed by atoms with van der Waals surface area (Å²) in [5.74, 6) is 0.131. The first-order valence-electron chi connectivity index (χ1n) is 6.37. The van der Waals surface area contributed by atoms with Gasteiger partial charge in [-0.1, -0.05) is 0 Å². The third kappa shape index (κ3) is 2.61. The van der Waals surface area contributed by atoms with Crippen molar-refractivity contribution in [1.82, 2.24) is 4.90 Å². The van der Waals surface area contributed by atoms with Crippen LogP contribution in [-0.4, -0.2) is 35.0 Å². The van der Waals surface area contributed by atoms with E-state index in [9.17, 15) is 9.59 Å². The zero-order valence-corrected chi connectivity index (χ0v) is 10.8. The molecule has 2 aliphatic rings. The Balaban J connectivity index is 2.04. The van der Waals surface area contributed by atoms with Crippen LogP contribution >= 0.6 is 0 Å². The molecule has 4 heteroatoms. The summed E-state index contributed by atoms with van der Waals surface area (Å²) in [7, 11) is 0. The van der Waals surface area contributed by atoms with Crippen LogP contribution in [-0.2, 0) is 9.53 Å². The number of hydrogen-bond donors (Lipinski definition) is 0. The molecule has 0 radical (unpaired) electrons. The molecule has 2 saturated heterocycles. The van der Waals surface area contributed by atoms with Gasteiger partial charge in [0, 0.05) is 18.0 Å². The highest BCUT2D eigenvalue weighted by atomic mass is 16.6. The van der Waals surface area contributed by atoms with Gasteiger partial charge in [0.2, 0.25) is 0 Å². The molecule has 4 nitrogen and oxygen atoms in total. The van der Waals surface area contributed by atoms with Gasteiger partial charge in [-0.15, -0.1) is 0 Å². The summed E-state index contributed by atoms with van der Waals surface area (Å²) in [6.45, 7) is 5.64. The third-order valence-electron chi connectivity index (χ3n) is 3.57. The maximum Gasteiger partial charge on any atom is 0.410 e. The predicted molar refractivity (Wildman–Crippen MR) is 63.7 cm³/mol. The number of carbonyl (C=O) groups is 2. The van der Waals surface area contributed by atoms with Crippen LogP contribution in [0.5, 0.6) is 0 Å². The fourth-order valence-electron chi connectivity index (χ4n) is 2.94. The summed E-state index contributed by atoms with van der Waals surface area (Å²) < 4.78 is 5.43. The van der Waals surface area contributed by atoms with Crippen molar-refractivity contribution in [3.63, 3.8) is 0 Å². The van der Waals surface area contributed by atoms with E-state index in [0.29, 0.717) is 0 Å². The second kappa shape index (κ2) is 4.31.